The van der Waals surface area contributed by atoms with Gasteiger partial charge in [0, 0.05) is 11.9 Å². The van der Waals surface area contributed by atoms with Gasteiger partial charge < -0.3 is 10.4 Å². The van der Waals surface area contributed by atoms with Gasteiger partial charge >= 0.3 is 0 Å². The number of aromatic nitrogens is 1. The molecule has 0 radical (unpaired) electrons. The van der Waals surface area contributed by atoms with Crippen molar-refractivity contribution in [1.82, 2.24) is 4.98 Å². The summed E-state index contributed by atoms with van der Waals surface area (Å²) in [6, 6.07) is 16.6. The van der Waals surface area contributed by atoms with E-state index in [0.717, 1.165) is 5.56 Å². The minimum absolute atomic E-state index is 0.0553. The highest BCUT2D eigenvalue weighted by atomic mass is 32.2. The van der Waals surface area contributed by atoms with Crippen LogP contribution in [0, 0.1) is 0 Å². The zero-order chi connectivity index (χ0) is 20.4. The van der Waals surface area contributed by atoms with Crippen LogP contribution >= 0.6 is 0 Å². The van der Waals surface area contributed by atoms with Crippen molar-refractivity contribution >= 4 is 27.2 Å². The molecule has 6 nitrogen and oxygen atoms in total. The van der Waals surface area contributed by atoms with Crippen molar-refractivity contribution in [3.63, 3.8) is 0 Å². The Morgan fingerprint density at radius 3 is 2.18 bits per heavy atom. The molecule has 0 saturated heterocycles. The van der Waals surface area contributed by atoms with Crippen LogP contribution in [0.5, 0.6) is 5.75 Å². The van der Waals surface area contributed by atoms with Gasteiger partial charge in [0.15, 0.2) is 5.82 Å². The maximum absolute atomic E-state index is 12.8. The molecule has 0 unspecified atom stereocenters. The molecule has 0 aliphatic rings. The number of hydrogen-bond donors (Lipinski definition) is 3. The normalized spacial score (nSPS) is 11.8. The molecular formula is C21H23N3O3S. The summed E-state index contributed by atoms with van der Waals surface area (Å²) in [6.07, 6.45) is 1.57. The average molecular weight is 398 g/mol. The van der Waals surface area contributed by atoms with Crippen molar-refractivity contribution in [2.45, 2.75) is 31.1 Å². The predicted octanol–water partition coefficient (Wildman–Crippen LogP) is 4.63. The summed E-state index contributed by atoms with van der Waals surface area (Å²) in [5.41, 5.74) is 2.00. The van der Waals surface area contributed by atoms with Crippen LogP contribution in [0.2, 0.25) is 0 Å². The number of nitrogens with one attached hydrogen (secondary N) is 2. The molecule has 0 atom stereocenters. The fourth-order valence-corrected chi connectivity index (χ4v) is 3.67. The Morgan fingerprint density at radius 2 is 1.57 bits per heavy atom. The molecule has 0 aliphatic heterocycles. The summed E-state index contributed by atoms with van der Waals surface area (Å²) in [4.78, 5) is 4.40. The second kappa shape index (κ2) is 7.52. The fraction of sp³-hybridized carbons (Fsp3) is 0.190. The Kier molecular flexibility index (Phi) is 5.29. The number of phenolic OH excluding ortho intramolecular Hbond substituents is 1. The first-order valence-electron chi connectivity index (χ1n) is 8.80. The molecule has 2 aromatic carbocycles. The third-order valence-electron chi connectivity index (χ3n) is 4.21. The van der Waals surface area contributed by atoms with Crippen molar-refractivity contribution in [3.8, 4) is 5.75 Å². The van der Waals surface area contributed by atoms with Crippen molar-refractivity contribution < 1.29 is 13.5 Å². The topological polar surface area (TPSA) is 91.3 Å². The molecule has 3 rings (SSSR count). The summed E-state index contributed by atoms with van der Waals surface area (Å²) in [5.74, 6) is 0.509. The van der Waals surface area contributed by atoms with E-state index in [4.69, 9.17) is 0 Å². The minimum Gasteiger partial charge on any atom is -0.508 e. The first-order chi connectivity index (χ1) is 13.1. The van der Waals surface area contributed by atoms with Gasteiger partial charge in [-0.3, -0.25) is 4.72 Å². The summed E-state index contributed by atoms with van der Waals surface area (Å²) in [5, 5.41) is 12.4. The molecule has 28 heavy (non-hydrogen) atoms. The predicted molar refractivity (Wildman–Crippen MR) is 112 cm³/mol. The molecule has 7 heteroatoms. The highest BCUT2D eigenvalue weighted by Crippen LogP contribution is 2.27. The molecule has 3 aromatic rings. The monoisotopic (exact) mass is 397 g/mol. The molecule has 1 aromatic heterocycles. The lowest BCUT2D eigenvalue weighted by Gasteiger charge is -2.19. The zero-order valence-electron chi connectivity index (χ0n) is 16.0. The van der Waals surface area contributed by atoms with Gasteiger partial charge in [-0.1, -0.05) is 32.9 Å². The highest BCUT2D eigenvalue weighted by molar-refractivity contribution is 7.92. The lowest BCUT2D eigenvalue weighted by Crippen LogP contribution is -2.16. The minimum atomic E-state index is -3.77. The Bertz CT molecular complexity index is 1060. The molecule has 3 N–H and O–H groups in total. The van der Waals surface area contributed by atoms with E-state index >= 15 is 0 Å². The van der Waals surface area contributed by atoms with E-state index in [2.05, 4.69) is 35.8 Å². The number of aromatic hydroxyl groups is 1. The Balaban J connectivity index is 1.85. The van der Waals surface area contributed by atoms with Gasteiger partial charge in [0.2, 0.25) is 0 Å². The van der Waals surface area contributed by atoms with Crippen LogP contribution in [0.1, 0.15) is 26.3 Å². The van der Waals surface area contributed by atoms with Crippen LogP contribution in [-0.4, -0.2) is 18.5 Å². The highest BCUT2D eigenvalue weighted by Gasteiger charge is 2.19. The summed E-state index contributed by atoms with van der Waals surface area (Å²) >= 11 is 0. The van der Waals surface area contributed by atoms with E-state index < -0.39 is 10.0 Å². The van der Waals surface area contributed by atoms with E-state index in [1.165, 1.54) is 12.1 Å². The van der Waals surface area contributed by atoms with E-state index in [0.29, 0.717) is 17.2 Å². The maximum Gasteiger partial charge on any atom is 0.262 e. The number of anilines is 3. The fourth-order valence-electron chi connectivity index (χ4n) is 2.61. The summed E-state index contributed by atoms with van der Waals surface area (Å²) in [7, 11) is -3.77. The van der Waals surface area contributed by atoms with Crippen LogP contribution in [0.15, 0.2) is 71.8 Å². The van der Waals surface area contributed by atoms with E-state index in [1.807, 2.05) is 12.1 Å². The van der Waals surface area contributed by atoms with Gasteiger partial charge in [-0.15, -0.1) is 0 Å². The van der Waals surface area contributed by atoms with Crippen molar-refractivity contribution in [2.75, 3.05) is 10.0 Å². The Morgan fingerprint density at radius 1 is 0.929 bits per heavy atom. The van der Waals surface area contributed by atoms with Gasteiger partial charge in [0.05, 0.1) is 10.6 Å². The van der Waals surface area contributed by atoms with E-state index in [1.54, 1.807) is 42.6 Å². The SMILES string of the molecule is CC(C)(C)c1ccc(S(=O)(=O)Nc2cccnc2Nc2ccc(O)cc2)cc1. The number of nitrogens with zero attached hydrogens (tertiary/aromatic N) is 1. The lowest BCUT2D eigenvalue weighted by molar-refractivity contribution is 0.475. The van der Waals surface area contributed by atoms with Crippen LogP contribution in [0.4, 0.5) is 17.2 Å². The number of pyridine rings is 1. The Hall–Kier alpha value is -3.06. The smallest absolute Gasteiger partial charge is 0.262 e. The molecule has 0 aliphatic carbocycles. The largest absolute Gasteiger partial charge is 0.508 e. The van der Waals surface area contributed by atoms with Crippen LogP contribution in [-0.2, 0) is 15.4 Å². The van der Waals surface area contributed by atoms with Gasteiger partial charge in [-0.25, -0.2) is 13.4 Å². The molecule has 0 spiro atoms. The van der Waals surface area contributed by atoms with Crippen molar-refractivity contribution in [1.29, 1.82) is 0 Å². The van der Waals surface area contributed by atoms with Crippen LogP contribution < -0.4 is 10.0 Å². The molecule has 0 saturated carbocycles. The van der Waals surface area contributed by atoms with Crippen LogP contribution in [0.25, 0.3) is 0 Å². The second-order valence-electron chi connectivity index (χ2n) is 7.45. The number of phenols is 1. The quantitative estimate of drug-likeness (QED) is 0.546. The molecule has 0 fully saturated rings. The first-order valence-corrected chi connectivity index (χ1v) is 10.3. The molecule has 0 amide bonds. The van der Waals surface area contributed by atoms with E-state index in [-0.39, 0.29) is 16.1 Å². The van der Waals surface area contributed by atoms with Gasteiger partial charge in [0.25, 0.3) is 10.0 Å². The lowest BCUT2D eigenvalue weighted by atomic mass is 9.87. The maximum atomic E-state index is 12.8. The number of benzene rings is 2. The average Bonchev–Trinajstić information content (AvgIpc) is 2.64. The standard InChI is InChI=1S/C21H23N3O3S/c1-21(2,3)15-6-12-18(13-7-15)28(26,27)24-19-5-4-14-22-20(19)23-16-8-10-17(25)11-9-16/h4-14,24-25H,1-3H3,(H,22,23). The second-order valence-corrected chi connectivity index (χ2v) is 9.13. The number of hydrogen-bond acceptors (Lipinski definition) is 5. The van der Waals surface area contributed by atoms with E-state index in [9.17, 15) is 13.5 Å². The third-order valence-corrected chi connectivity index (χ3v) is 5.59. The van der Waals surface area contributed by atoms with Crippen LogP contribution in [0.3, 0.4) is 0 Å². The van der Waals surface area contributed by atoms with Gasteiger partial charge in [-0.05, 0) is 59.5 Å². The van der Waals surface area contributed by atoms with Crippen molar-refractivity contribution in [3.05, 3.63) is 72.4 Å². The molecule has 0 bridgehead atoms. The molecule has 146 valence electrons. The van der Waals surface area contributed by atoms with Gasteiger partial charge in [-0.2, -0.15) is 0 Å². The summed E-state index contributed by atoms with van der Waals surface area (Å²) in [6.45, 7) is 6.23. The van der Waals surface area contributed by atoms with Crippen molar-refractivity contribution in [2.24, 2.45) is 0 Å². The Labute approximate surface area is 165 Å². The third kappa shape index (κ3) is 4.61. The first kappa shape index (κ1) is 19.7. The number of sulfonamides is 1. The molecule has 1 heterocycles. The summed E-state index contributed by atoms with van der Waals surface area (Å²) < 4.78 is 28.2. The number of rotatable bonds is 5. The van der Waals surface area contributed by atoms with Gasteiger partial charge in [0.1, 0.15) is 5.75 Å². The molecular weight excluding hydrogens is 374 g/mol. The zero-order valence-corrected chi connectivity index (χ0v) is 16.8.